The number of benzene rings is 1. The molecule has 20 heavy (non-hydrogen) atoms. The summed E-state index contributed by atoms with van der Waals surface area (Å²) in [6, 6.07) is 6.17. The van der Waals surface area contributed by atoms with Crippen molar-refractivity contribution in [3.05, 3.63) is 46.4 Å². The molecule has 0 spiro atoms. The van der Waals surface area contributed by atoms with Crippen LogP contribution in [0.15, 0.2) is 34.9 Å². The molecule has 0 aliphatic rings. The van der Waals surface area contributed by atoms with Crippen molar-refractivity contribution < 1.29 is 18.6 Å². The molecule has 2 aromatic rings. The van der Waals surface area contributed by atoms with E-state index in [0.29, 0.717) is 17.2 Å². The fourth-order valence-corrected chi connectivity index (χ4v) is 2.03. The Morgan fingerprint density at radius 1 is 1.15 bits per heavy atom. The van der Waals surface area contributed by atoms with Crippen molar-refractivity contribution in [3.8, 4) is 17.2 Å². The van der Waals surface area contributed by atoms with Crippen LogP contribution in [0.5, 0.6) is 17.2 Å². The highest BCUT2D eigenvalue weighted by Gasteiger charge is 2.12. The molecule has 106 valence electrons. The molecule has 1 heterocycles. The first-order chi connectivity index (χ1) is 9.65. The van der Waals surface area contributed by atoms with Gasteiger partial charge in [-0.15, -0.1) is 0 Å². The molecule has 4 nitrogen and oxygen atoms in total. The normalized spacial score (nSPS) is 10.2. The molecule has 0 unspecified atom stereocenters. The van der Waals surface area contributed by atoms with Crippen molar-refractivity contribution in [1.29, 1.82) is 0 Å². The second-order valence-corrected chi connectivity index (χ2v) is 4.77. The highest BCUT2D eigenvalue weighted by molar-refractivity contribution is 9.10. The molecule has 0 N–H and O–H groups in total. The fraction of sp³-hybridized carbons (Fsp3) is 0.214. The average molecular weight is 342 g/mol. The number of methoxy groups -OCH3 is 2. The number of nitrogens with zero attached hydrogens (tertiary/aromatic N) is 1. The predicted molar refractivity (Wildman–Crippen MR) is 75.8 cm³/mol. The Morgan fingerprint density at radius 3 is 2.65 bits per heavy atom. The average Bonchev–Trinajstić information content (AvgIpc) is 2.47. The Kier molecular flexibility index (Phi) is 4.79. The van der Waals surface area contributed by atoms with Gasteiger partial charge in [-0.05, 0) is 18.2 Å². The first kappa shape index (κ1) is 14.6. The lowest BCUT2D eigenvalue weighted by molar-refractivity contribution is 0.273. The number of rotatable bonds is 5. The van der Waals surface area contributed by atoms with Crippen LogP contribution in [0.4, 0.5) is 4.39 Å². The highest BCUT2D eigenvalue weighted by Crippen LogP contribution is 2.30. The van der Waals surface area contributed by atoms with Crippen LogP contribution in [0.3, 0.4) is 0 Å². The van der Waals surface area contributed by atoms with Gasteiger partial charge in [-0.1, -0.05) is 15.9 Å². The number of ether oxygens (including phenoxy) is 3. The maximum Gasteiger partial charge on any atom is 0.185 e. The third kappa shape index (κ3) is 3.19. The standard InChI is InChI=1S/C14H13BrFNO3/c1-18-12-5-6-17-11(14(12)19-2)8-20-13-7-9(15)3-4-10(13)16/h3-7H,8H2,1-2H3. The fourth-order valence-electron chi connectivity index (χ4n) is 1.69. The van der Waals surface area contributed by atoms with Crippen molar-refractivity contribution in [3.63, 3.8) is 0 Å². The molecule has 6 heteroatoms. The van der Waals surface area contributed by atoms with E-state index in [2.05, 4.69) is 20.9 Å². The molecule has 0 saturated carbocycles. The molecule has 1 aromatic carbocycles. The van der Waals surface area contributed by atoms with Gasteiger partial charge in [0.05, 0.1) is 14.2 Å². The number of pyridine rings is 1. The number of hydrogen-bond acceptors (Lipinski definition) is 4. The van der Waals surface area contributed by atoms with Crippen LogP contribution in [-0.4, -0.2) is 19.2 Å². The molecule has 0 saturated heterocycles. The molecule has 0 amide bonds. The van der Waals surface area contributed by atoms with Gasteiger partial charge in [0.1, 0.15) is 12.3 Å². The van der Waals surface area contributed by atoms with Crippen molar-refractivity contribution in [2.24, 2.45) is 0 Å². The highest BCUT2D eigenvalue weighted by atomic mass is 79.9. The summed E-state index contributed by atoms with van der Waals surface area (Å²) in [5, 5.41) is 0. The van der Waals surface area contributed by atoms with E-state index in [-0.39, 0.29) is 12.4 Å². The van der Waals surface area contributed by atoms with Crippen LogP contribution in [0.1, 0.15) is 5.69 Å². The summed E-state index contributed by atoms with van der Waals surface area (Å²) < 4.78 is 30.2. The minimum atomic E-state index is -0.435. The van der Waals surface area contributed by atoms with Gasteiger partial charge >= 0.3 is 0 Å². The Hall–Kier alpha value is -1.82. The topological polar surface area (TPSA) is 40.6 Å². The molecular weight excluding hydrogens is 329 g/mol. The van der Waals surface area contributed by atoms with E-state index < -0.39 is 5.82 Å². The Bertz CT molecular complexity index is 607. The molecule has 0 atom stereocenters. The molecule has 0 aliphatic heterocycles. The van der Waals surface area contributed by atoms with Gasteiger partial charge < -0.3 is 14.2 Å². The third-order valence-electron chi connectivity index (χ3n) is 2.62. The van der Waals surface area contributed by atoms with Crippen LogP contribution in [0.2, 0.25) is 0 Å². The van der Waals surface area contributed by atoms with E-state index in [0.717, 1.165) is 4.47 Å². The maximum atomic E-state index is 13.6. The zero-order chi connectivity index (χ0) is 14.5. The van der Waals surface area contributed by atoms with Crippen molar-refractivity contribution in [2.45, 2.75) is 6.61 Å². The van der Waals surface area contributed by atoms with Crippen LogP contribution >= 0.6 is 15.9 Å². The lowest BCUT2D eigenvalue weighted by atomic mass is 10.3. The SMILES string of the molecule is COc1ccnc(COc2cc(Br)ccc2F)c1OC. The molecular formula is C14H13BrFNO3. The van der Waals surface area contributed by atoms with Gasteiger partial charge in [0, 0.05) is 16.7 Å². The van der Waals surface area contributed by atoms with Gasteiger partial charge in [0.25, 0.3) is 0 Å². The van der Waals surface area contributed by atoms with Crippen molar-refractivity contribution >= 4 is 15.9 Å². The van der Waals surface area contributed by atoms with Crippen molar-refractivity contribution in [2.75, 3.05) is 14.2 Å². The molecule has 0 radical (unpaired) electrons. The Labute approximate surface area is 124 Å². The van der Waals surface area contributed by atoms with E-state index in [4.69, 9.17) is 14.2 Å². The smallest absolute Gasteiger partial charge is 0.185 e. The second-order valence-electron chi connectivity index (χ2n) is 3.86. The van der Waals surface area contributed by atoms with Gasteiger partial charge in [-0.3, -0.25) is 4.98 Å². The monoisotopic (exact) mass is 341 g/mol. The zero-order valence-corrected chi connectivity index (χ0v) is 12.6. The van der Waals surface area contributed by atoms with Gasteiger partial charge in [-0.2, -0.15) is 0 Å². The molecule has 0 bridgehead atoms. The van der Waals surface area contributed by atoms with Gasteiger partial charge in [0.15, 0.2) is 23.1 Å². The summed E-state index contributed by atoms with van der Waals surface area (Å²) in [5.41, 5.74) is 0.534. The summed E-state index contributed by atoms with van der Waals surface area (Å²) in [6.45, 7) is 0.0771. The lowest BCUT2D eigenvalue weighted by Gasteiger charge is -2.12. The first-order valence-corrected chi connectivity index (χ1v) is 6.58. The first-order valence-electron chi connectivity index (χ1n) is 5.79. The third-order valence-corrected chi connectivity index (χ3v) is 3.12. The lowest BCUT2D eigenvalue weighted by Crippen LogP contribution is -2.04. The minimum Gasteiger partial charge on any atom is -0.493 e. The number of halogens is 2. The summed E-state index contributed by atoms with van der Waals surface area (Å²) >= 11 is 3.27. The summed E-state index contributed by atoms with van der Waals surface area (Å²) in [7, 11) is 3.05. The van der Waals surface area contributed by atoms with E-state index in [9.17, 15) is 4.39 Å². The molecule has 0 aliphatic carbocycles. The van der Waals surface area contributed by atoms with E-state index >= 15 is 0 Å². The van der Waals surface area contributed by atoms with Gasteiger partial charge in [0.2, 0.25) is 0 Å². The van der Waals surface area contributed by atoms with Crippen molar-refractivity contribution in [1.82, 2.24) is 4.98 Å². The predicted octanol–water partition coefficient (Wildman–Crippen LogP) is 3.58. The molecule has 1 aromatic heterocycles. The maximum absolute atomic E-state index is 13.6. The van der Waals surface area contributed by atoms with E-state index in [1.807, 2.05) is 0 Å². The molecule has 2 rings (SSSR count). The van der Waals surface area contributed by atoms with E-state index in [1.54, 1.807) is 24.4 Å². The zero-order valence-electron chi connectivity index (χ0n) is 11.0. The second kappa shape index (κ2) is 6.56. The number of hydrogen-bond donors (Lipinski definition) is 0. The summed E-state index contributed by atoms with van der Waals surface area (Å²) in [4.78, 5) is 4.16. The number of aromatic nitrogens is 1. The van der Waals surface area contributed by atoms with Gasteiger partial charge in [-0.25, -0.2) is 4.39 Å². The molecule has 0 fully saturated rings. The quantitative estimate of drug-likeness (QED) is 0.833. The summed E-state index contributed by atoms with van der Waals surface area (Å²) in [6.07, 6.45) is 1.58. The Balaban J connectivity index is 2.20. The van der Waals surface area contributed by atoms with E-state index in [1.165, 1.54) is 20.3 Å². The largest absolute Gasteiger partial charge is 0.493 e. The van der Waals surface area contributed by atoms with Crippen LogP contribution in [0, 0.1) is 5.82 Å². The van der Waals surface area contributed by atoms with Crippen LogP contribution in [-0.2, 0) is 6.61 Å². The Morgan fingerprint density at radius 2 is 1.95 bits per heavy atom. The minimum absolute atomic E-state index is 0.0771. The summed E-state index contributed by atoms with van der Waals surface area (Å²) in [5.74, 6) is 0.738. The van der Waals surface area contributed by atoms with Crippen LogP contribution in [0.25, 0.3) is 0 Å². The van der Waals surface area contributed by atoms with Crippen LogP contribution < -0.4 is 14.2 Å².